The van der Waals surface area contributed by atoms with Gasteiger partial charge < -0.3 is 14.8 Å². The lowest BCUT2D eigenvalue weighted by Crippen LogP contribution is -2.27. The number of halogens is 3. The van der Waals surface area contributed by atoms with Crippen LogP contribution in [0.5, 0.6) is 11.5 Å². The van der Waals surface area contributed by atoms with Crippen molar-refractivity contribution >= 4 is 5.91 Å². The van der Waals surface area contributed by atoms with E-state index < -0.39 is 17.8 Å². The Balaban J connectivity index is 1.70. The van der Waals surface area contributed by atoms with Crippen molar-refractivity contribution in [3.8, 4) is 11.5 Å². The number of aromatic nitrogens is 1. The summed E-state index contributed by atoms with van der Waals surface area (Å²) in [4.78, 5) is 15.5. The van der Waals surface area contributed by atoms with E-state index in [4.69, 9.17) is 9.47 Å². The third kappa shape index (κ3) is 3.84. The second-order valence-corrected chi connectivity index (χ2v) is 5.53. The van der Waals surface area contributed by atoms with E-state index in [9.17, 15) is 18.0 Å². The summed E-state index contributed by atoms with van der Waals surface area (Å²) in [6.45, 7) is 2.70. The quantitative estimate of drug-likeness (QED) is 0.920. The van der Waals surface area contributed by atoms with Gasteiger partial charge in [-0.2, -0.15) is 13.2 Å². The van der Waals surface area contributed by atoms with Crippen molar-refractivity contribution in [3.63, 3.8) is 0 Å². The molecule has 0 fully saturated rings. The zero-order chi connectivity index (χ0) is 18.0. The molecule has 0 bridgehead atoms. The van der Waals surface area contributed by atoms with Crippen LogP contribution in [0.15, 0.2) is 36.5 Å². The molecule has 3 rings (SSSR count). The Bertz CT molecular complexity index is 776. The van der Waals surface area contributed by atoms with Crippen LogP contribution >= 0.6 is 0 Å². The maximum Gasteiger partial charge on any atom is 0.433 e. The summed E-state index contributed by atoms with van der Waals surface area (Å²) in [5.41, 5.74) is -0.196. The molecule has 1 N–H and O–H groups in total. The first kappa shape index (κ1) is 17.1. The fourth-order valence-electron chi connectivity index (χ4n) is 2.39. The first-order valence-corrected chi connectivity index (χ1v) is 7.58. The van der Waals surface area contributed by atoms with Gasteiger partial charge in [-0.3, -0.25) is 9.78 Å². The van der Waals surface area contributed by atoms with E-state index in [-0.39, 0.29) is 11.6 Å². The topological polar surface area (TPSA) is 60.5 Å². The smallest absolute Gasteiger partial charge is 0.433 e. The van der Waals surface area contributed by atoms with Gasteiger partial charge in [-0.1, -0.05) is 6.07 Å². The number of amides is 1. The second kappa shape index (κ2) is 6.62. The Morgan fingerprint density at radius 3 is 2.52 bits per heavy atom. The molecule has 25 heavy (non-hydrogen) atoms. The molecule has 0 aliphatic carbocycles. The molecule has 1 amide bonds. The number of nitrogens with one attached hydrogen (secondary N) is 1. The molecule has 132 valence electrons. The van der Waals surface area contributed by atoms with Gasteiger partial charge in [-0.25, -0.2) is 0 Å². The summed E-state index contributed by atoms with van der Waals surface area (Å²) >= 11 is 0. The molecular formula is C17H15F3N2O3. The molecule has 5 nitrogen and oxygen atoms in total. The predicted molar refractivity (Wildman–Crippen MR) is 82.6 cm³/mol. The minimum absolute atomic E-state index is 0.0531. The van der Waals surface area contributed by atoms with Crippen LogP contribution in [0.3, 0.4) is 0 Å². The van der Waals surface area contributed by atoms with Crippen LogP contribution < -0.4 is 14.8 Å². The normalized spacial score (nSPS) is 14.7. The summed E-state index contributed by atoms with van der Waals surface area (Å²) in [6, 6.07) is 6.83. The van der Waals surface area contributed by atoms with E-state index in [1.807, 2.05) is 0 Å². The fraction of sp³-hybridized carbons (Fsp3) is 0.294. The van der Waals surface area contributed by atoms with Crippen molar-refractivity contribution in [2.24, 2.45) is 0 Å². The van der Waals surface area contributed by atoms with Gasteiger partial charge in [0.25, 0.3) is 5.91 Å². The highest BCUT2D eigenvalue weighted by molar-refractivity contribution is 5.94. The maximum atomic E-state index is 12.5. The Hall–Kier alpha value is -2.77. The number of benzene rings is 1. The average Bonchev–Trinajstić information content (AvgIpc) is 2.60. The highest BCUT2D eigenvalue weighted by Crippen LogP contribution is 2.32. The minimum Gasteiger partial charge on any atom is -0.486 e. The number of carbonyl (C=O) groups excluding carboxylic acids is 1. The molecule has 1 aromatic carbocycles. The molecule has 2 aromatic rings. The summed E-state index contributed by atoms with van der Waals surface area (Å²) in [7, 11) is 0. The number of ether oxygens (including phenoxy) is 2. The van der Waals surface area contributed by atoms with Crippen LogP contribution in [-0.2, 0) is 6.18 Å². The lowest BCUT2D eigenvalue weighted by Gasteiger charge is -2.21. The Morgan fingerprint density at radius 2 is 1.88 bits per heavy atom. The molecule has 8 heteroatoms. The van der Waals surface area contributed by atoms with Crippen LogP contribution in [0.2, 0.25) is 0 Å². The minimum atomic E-state index is -4.53. The second-order valence-electron chi connectivity index (χ2n) is 5.53. The molecule has 0 saturated heterocycles. The van der Waals surface area contributed by atoms with Crippen molar-refractivity contribution in [2.45, 2.75) is 19.1 Å². The van der Waals surface area contributed by atoms with Crippen molar-refractivity contribution in [3.05, 3.63) is 53.3 Å². The van der Waals surface area contributed by atoms with Gasteiger partial charge in [-0.15, -0.1) is 0 Å². The summed E-state index contributed by atoms with van der Waals surface area (Å²) < 4.78 is 48.4. The average molecular weight is 352 g/mol. The molecule has 1 aliphatic heterocycles. The number of rotatable bonds is 3. The van der Waals surface area contributed by atoms with E-state index >= 15 is 0 Å². The van der Waals surface area contributed by atoms with E-state index in [0.29, 0.717) is 24.7 Å². The number of carbonyl (C=O) groups is 1. The number of nitrogens with zero attached hydrogens (tertiary/aromatic N) is 1. The van der Waals surface area contributed by atoms with Crippen LogP contribution in [0.25, 0.3) is 0 Å². The molecule has 1 unspecified atom stereocenters. The monoisotopic (exact) mass is 352 g/mol. The number of hydrogen-bond donors (Lipinski definition) is 1. The van der Waals surface area contributed by atoms with Gasteiger partial charge in [0.1, 0.15) is 18.9 Å². The lowest BCUT2D eigenvalue weighted by atomic mass is 10.1. The van der Waals surface area contributed by atoms with Crippen LogP contribution in [0.1, 0.15) is 34.6 Å². The molecular weight excluding hydrogens is 337 g/mol. The van der Waals surface area contributed by atoms with E-state index in [1.54, 1.807) is 25.1 Å². The molecule has 1 atom stereocenters. The number of fused-ring (bicyclic) bond motifs is 1. The van der Waals surface area contributed by atoms with E-state index in [2.05, 4.69) is 10.3 Å². The summed E-state index contributed by atoms with van der Waals surface area (Å²) in [5, 5.41) is 2.72. The number of pyridine rings is 1. The number of hydrogen-bond acceptors (Lipinski definition) is 4. The van der Waals surface area contributed by atoms with Gasteiger partial charge in [0, 0.05) is 6.20 Å². The Morgan fingerprint density at radius 1 is 1.16 bits per heavy atom. The highest BCUT2D eigenvalue weighted by atomic mass is 19.4. The highest BCUT2D eigenvalue weighted by Gasteiger charge is 2.32. The maximum absolute atomic E-state index is 12.5. The summed E-state index contributed by atoms with van der Waals surface area (Å²) in [5.74, 6) is 0.727. The standard InChI is InChI=1S/C17H15F3N2O3/c1-10(11-2-4-13-14(8-11)25-7-6-24-13)22-16(23)12-3-5-15(21-9-12)17(18,19)20/h2-5,8-10H,6-7H2,1H3,(H,22,23). The van der Waals surface area contributed by atoms with Gasteiger partial charge in [0.15, 0.2) is 11.5 Å². The third-order valence-corrected chi connectivity index (χ3v) is 3.73. The van der Waals surface area contributed by atoms with Crippen molar-refractivity contribution in [2.75, 3.05) is 13.2 Å². The molecule has 0 saturated carbocycles. The zero-order valence-corrected chi connectivity index (χ0v) is 13.3. The van der Waals surface area contributed by atoms with Crippen molar-refractivity contribution in [1.82, 2.24) is 10.3 Å². The van der Waals surface area contributed by atoms with Gasteiger partial charge in [-0.05, 0) is 36.8 Å². The van der Waals surface area contributed by atoms with Crippen LogP contribution in [-0.4, -0.2) is 24.1 Å². The lowest BCUT2D eigenvalue weighted by molar-refractivity contribution is -0.141. The van der Waals surface area contributed by atoms with Crippen LogP contribution in [0, 0.1) is 0 Å². The molecule has 0 spiro atoms. The third-order valence-electron chi connectivity index (χ3n) is 3.73. The van der Waals surface area contributed by atoms with Gasteiger partial charge in [0.2, 0.25) is 0 Å². The zero-order valence-electron chi connectivity index (χ0n) is 13.3. The SMILES string of the molecule is CC(NC(=O)c1ccc(C(F)(F)F)nc1)c1ccc2c(c1)OCCO2. The number of alkyl halides is 3. The molecule has 2 heterocycles. The van der Waals surface area contributed by atoms with E-state index in [1.165, 1.54) is 0 Å². The summed E-state index contributed by atoms with van der Waals surface area (Å²) in [6.07, 6.45) is -3.62. The van der Waals surface area contributed by atoms with Crippen LogP contribution in [0.4, 0.5) is 13.2 Å². The predicted octanol–water partition coefficient (Wildman–Crippen LogP) is 3.36. The van der Waals surface area contributed by atoms with Gasteiger partial charge >= 0.3 is 6.18 Å². The Labute approximate surface area is 141 Å². The fourth-order valence-corrected chi connectivity index (χ4v) is 2.39. The molecule has 1 aromatic heterocycles. The Kier molecular flexibility index (Phi) is 4.52. The van der Waals surface area contributed by atoms with Gasteiger partial charge in [0.05, 0.1) is 11.6 Å². The van der Waals surface area contributed by atoms with Crippen molar-refractivity contribution in [1.29, 1.82) is 0 Å². The first-order valence-electron chi connectivity index (χ1n) is 7.58. The first-order chi connectivity index (χ1) is 11.8. The molecule has 0 radical (unpaired) electrons. The largest absolute Gasteiger partial charge is 0.486 e. The van der Waals surface area contributed by atoms with Crippen molar-refractivity contribution < 1.29 is 27.4 Å². The molecule has 1 aliphatic rings. The van der Waals surface area contributed by atoms with E-state index in [0.717, 1.165) is 23.9 Å².